The molecule has 2 heterocycles. The van der Waals surface area contributed by atoms with Crippen molar-refractivity contribution < 1.29 is 9.47 Å². The highest BCUT2D eigenvalue weighted by molar-refractivity contribution is 5.39. The zero-order valence-corrected chi connectivity index (χ0v) is 8.90. The number of rotatable bonds is 4. The van der Waals surface area contributed by atoms with Gasteiger partial charge in [0, 0.05) is 25.9 Å². The van der Waals surface area contributed by atoms with Crippen LogP contribution in [0.3, 0.4) is 0 Å². The van der Waals surface area contributed by atoms with Crippen molar-refractivity contribution in [1.82, 2.24) is 4.98 Å². The van der Waals surface area contributed by atoms with Gasteiger partial charge in [-0.15, -0.1) is 0 Å². The fraction of sp³-hybridized carbons (Fsp3) is 0.545. The molecular formula is C11H16N2O2. The SMILES string of the molecule is CNc1cc(OCC2CCCO2)ccn1. The molecule has 4 nitrogen and oxygen atoms in total. The zero-order chi connectivity index (χ0) is 10.5. The van der Waals surface area contributed by atoms with Crippen LogP contribution in [-0.2, 0) is 4.74 Å². The van der Waals surface area contributed by atoms with E-state index in [0.29, 0.717) is 6.61 Å². The Balaban J connectivity index is 1.86. The van der Waals surface area contributed by atoms with Crippen molar-refractivity contribution in [2.45, 2.75) is 18.9 Å². The van der Waals surface area contributed by atoms with Crippen LogP contribution in [0.1, 0.15) is 12.8 Å². The molecule has 1 atom stereocenters. The summed E-state index contributed by atoms with van der Waals surface area (Å²) >= 11 is 0. The average molecular weight is 208 g/mol. The first-order valence-electron chi connectivity index (χ1n) is 5.26. The molecule has 2 rings (SSSR count). The third kappa shape index (κ3) is 2.83. The van der Waals surface area contributed by atoms with Gasteiger partial charge in [0.15, 0.2) is 0 Å². The van der Waals surface area contributed by atoms with Crippen LogP contribution in [0.15, 0.2) is 18.3 Å². The summed E-state index contributed by atoms with van der Waals surface area (Å²) in [5.41, 5.74) is 0. The first-order valence-corrected chi connectivity index (χ1v) is 5.26. The number of aromatic nitrogens is 1. The molecule has 1 aromatic heterocycles. The van der Waals surface area contributed by atoms with Gasteiger partial charge in [-0.25, -0.2) is 4.98 Å². The lowest BCUT2D eigenvalue weighted by molar-refractivity contribution is 0.0679. The Bertz CT molecular complexity index is 311. The normalized spacial score (nSPS) is 20.2. The zero-order valence-electron chi connectivity index (χ0n) is 8.90. The number of anilines is 1. The fourth-order valence-electron chi connectivity index (χ4n) is 1.60. The summed E-state index contributed by atoms with van der Waals surface area (Å²) < 4.78 is 11.1. The second-order valence-electron chi connectivity index (χ2n) is 3.57. The van der Waals surface area contributed by atoms with Crippen molar-refractivity contribution in [3.8, 4) is 5.75 Å². The summed E-state index contributed by atoms with van der Waals surface area (Å²) in [6.45, 7) is 1.50. The van der Waals surface area contributed by atoms with Crippen molar-refractivity contribution in [1.29, 1.82) is 0 Å². The lowest BCUT2D eigenvalue weighted by Gasteiger charge is -2.11. The smallest absolute Gasteiger partial charge is 0.129 e. The van der Waals surface area contributed by atoms with Gasteiger partial charge in [0.05, 0.1) is 6.10 Å². The van der Waals surface area contributed by atoms with Gasteiger partial charge in [-0.05, 0) is 18.9 Å². The maximum atomic E-state index is 5.63. The Morgan fingerprint density at radius 2 is 2.60 bits per heavy atom. The van der Waals surface area contributed by atoms with Gasteiger partial charge < -0.3 is 14.8 Å². The Kier molecular flexibility index (Phi) is 3.40. The first-order chi connectivity index (χ1) is 7.38. The predicted molar refractivity (Wildman–Crippen MR) is 58.3 cm³/mol. The second-order valence-corrected chi connectivity index (χ2v) is 3.57. The van der Waals surface area contributed by atoms with Gasteiger partial charge in [0.2, 0.25) is 0 Å². The van der Waals surface area contributed by atoms with Crippen LogP contribution in [-0.4, -0.2) is 31.3 Å². The Hall–Kier alpha value is -1.29. The topological polar surface area (TPSA) is 43.4 Å². The maximum absolute atomic E-state index is 5.63. The Morgan fingerprint density at radius 1 is 1.67 bits per heavy atom. The molecule has 1 saturated heterocycles. The van der Waals surface area contributed by atoms with Gasteiger partial charge in [0.25, 0.3) is 0 Å². The minimum atomic E-state index is 0.260. The van der Waals surface area contributed by atoms with Crippen LogP contribution in [0, 0.1) is 0 Å². The summed E-state index contributed by atoms with van der Waals surface area (Å²) in [6.07, 6.45) is 4.24. The fourth-order valence-corrected chi connectivity index (χ4v) is 1.60. The Labute approximate surface area is 89.6 Å². The van der Waals surface area contributed by atoms with Crippen molar-refractivity contribution in [2.75, 3.05) is 25.6 Å². The summed E-state index contributed by atoms with van der Waals surface area (Å²) in [4.78, 5) is 4.12. The monoisotopic (exact) mass is 208 g/mol. The highest BCUT2D eigenvalue weighted by Crippen LogP contribution is 2.17. The third-order valence-corrected chi connectivity index (χ3v) is 2.45. The highest BCUT2D eigenvalue weighted by Gasteiger charge is 2.15. The molecule has 0 spiro atoms. The molecule has 0 saturated carbocycles. The van der Waals surface area contributed by atoms with E-state index in [0.717, 1.165) is 31.0 Å². The van der Waals surface area contributed by atoms with E-state index in [4.69, 9.17) is 9.47 Å². The number of nitrogens with one attached hydrogen (secondary N) is 1. The van der Waals surface area contributed by atoms with Gasteiger partial charge >= 0.3 is 0 Å². The number of nitrogens with zero attached hydrogens (tertiary/aromatic N) is 1. The minimum absolute atomic E-state index is 0.260. The number of pyridine rings is 1. The molecule has 0 aliphatic carbocycles. The van der Waals surface area contributed by atoms with Crippen molar-refractivity contribution in [3.63, 3.8) is 0 Å². The molecule has 1 N–H and O–H groups in total. The number of hydrogen-bond donors (Lipinski definition) is 1. The standard InChI is InChI=1S/C11H16N2O2/c1-12-11-7-9(4-5-13-11)15-8-10-3-2-6-14-10/h4-5,7,10H,2-3,6,8H2,1H3,(H,12,13). The lowest BCUT2D eigenvalue weighted by atomic mass is 10.2. The lowest BCUT2D eigenvalue weighted by Crippen LogP contribution is -2.16. The molecule has 1 fully saturated rings. The van der Waals surface area contributed by atoms with E-state index >= 15 is 0 Å². The summed E-state index contributed by atoms with van der Waals surface area (Å²) in [7, 11) is 1.84. The molecule has 1 aliphatic heterocycles. The van der Waals surface area contributed by atoms with E-state index < -0.39 is 0 Å². The molecule has 1 aromatic rings. The van der Waals surface area contributed by atoms with Crippen LogP contribution >= 0.6 is 0 Å². The van der Waals surface area contributed by atoms with Gasteiger partial charge in [-0.1, -0.05) is 0 Å². The molecule has 4 heteroatoms. The first kappa shape index (κ1) is 10.2. The van der Waals surface area contributed by atoms with Gasteiger partial charge in [-0.3, -0.25) is 0 Å². The van der Waals surface area contributed by atoms with Gasteiger partial charge in [-0.2, -0.15) is 0 Å². The van der Waals surface area contributed by atoms with E-state index in [-0.39, 0.29) is 6.10 Å². The van der Waals surface area contributed by atoms with Gasteiger partial charge in [0.1, 0.15) is 18.2 Å². The van der Waals surface area contributed by atoms with E-state index in [1.807, 2.05) is 19.2 Å². The van der Waals surface area contributed by atoms with Crippen LogP contribution < -0.4 is 10.1 Å². The molecule has 15 heavy (non-hydrogen) atoms. The largest absolute Gasteiger partial charge is 0.491 e. The van der Waals surface area contributed by atoms with Crippen molar-refractivity contribution >= 4 is 5.82 Å². The third-order valence-electron chi connectivity index (χ3n) is 2.45. The highest BCUT2D eigenvalue weighted by atomic mass is 16.5. The molecule has 82 valence electrons. The predicted octanol–water partition coefficient (Wildman–Crippen LogP) is 1.68. The molecule has 1 aliphatic rings. The van der Waals surface area contributed by atoms with Crippen LogP contribution in [0.4, 0.5) is 5.82 Å². The van der Waals surface area contributed by atoms with E-state index in [2.05, 4.69) is 10.3 Å². The number of ether oxygens (including phenoxy) is 2. The van der Waals surface area contributed by atoms with Crippen molar-refractivity contribution in [2.24, 2.45) is 0 Å². The quantitative estimate of drug-likeness (QED) is 0.817. The Morgan fingerprint density at radius 3 is 3.33 bits per heavy atom. The number of hydrogen-bond acceptors (Lipinski definition) is 4. The van der Waals surface area contributed by atoms with Crippen LogP contribution in [0.5, 0.6) is 5.75 Å². The molecule has 0 bridgehead atoms. The van der Waals surface area contributed by atoms with E-state index in [1.165, 1.54) is 0 Å². The maximum Gasteiger partial charge on any atom is 0.129 e. The second kappa shape index (κ2) is 4.98. The molecular weight excluding hydrogens is 192 g/mol. The molecule has 0 radical (unpaired) electrons. The van der Waals surface area contributed by atoms with E-state index in [1.54, 1.807) is 6.20 Å². The van der Waals surface area contributed by atoms with Crippen molar-refractivity contribution in [3.05, 3.63) is 18.3 Å². The minimum Gasteiger partial charge on any atom is -0.491 e. The summed E-state index contributed by atoms with van der Waals surface area (Å²) in [5.74, 6) is 1.66. The van der Waals surface area contributed by atoms with E-state index in [9.17, 15) is 0 Å². The summed E-state index contributed by atoms with van der Waals surface area (Å²) in [5, 5.41) is 2.97. The molecule has 0 aromatic carbocycles. The summed E-state index contributed by atoms with van der Waals surface area (Å²) in [6, 6.07) is 3.74. The molecule has 0 amide bonds. The van der Waals surface area contributed by atoms with Crippen LogP contribution in [0.2, 0.25) is 0 Å². The average Bonchev–Trinajstić information content (AvgIpc) is 2.79. The molecule has 1 unspecified atom stereocenters. The van der Waals surface area contributed by atoms with Crippen LogP contribution in [0.25, 0.3) is 0 Å².